The fourth-order valence-corrected chi connectivity index (χ4v) is 3.36. The Morgan fingerprint density at radius 3 is 2.66 bits per heavy atom. The van der Waals surface area contributed by atoms with Gasteiger partial charge in [0.25, 0.3) is 5.91 Å². The van der Waals surface area contributed by atoms with E-state index in [4.69, 9.17) is 14.6 Å². The second-order valence-corrected chi connectivity index (χ2v) is 6.75. The van der Waals surface area contributed by atoms with Crippen LogP contribution in [0.2, 0.25) is 0 Å². The first kappa shape index (κ1) is 20.5. The summed E-state index contributed by atoms with van der Waals surface area (Å²) in [5, 5.41) is 8.81. The maximum Gasteiger partial charge on any atom is 0.341 e. The van der Waals surface area contributed by atoms with E-state index in [1.807, 2.05) is 48.2 Å². The number of aliphatic carboxylic acids is 1. The van der Waals surface area contributed by atoms with Crippen molar-refractivity contribution >= 4 is 18.0 Å². The van der Waals surface area contributed by atoms with Gasteiger partial charge in [0, 0.05) is 12.1 Å². The zero-order valence-corrected chi connectivity index (χ0v) is 16.4. The number of rotatable bonds is 8. The van der Waals surface area contributed by atoms with Gasteiger partial charge in [0.05, 0.1) is 12.6 Å². The van der Waals surface area contributed by atoms with E-state index in [2.05, 4.69) is 6.08 Å². The summed E-state index contributed by atoms with van der Waals surface area (Å²) in [6, 6.07) is 14.9. The van der Waals surface area contributed by atoms with E-state index < -0.39 is 12.6 Å². The first-order valence-electron chi connectivity index (χ1n) is 9.74. The zero-order valence-electron chi connectivity index (χ0n) is 16.4. The first-order chi connectivity index (χ1) is 14.1. The molecule has 6 nitrogen and oxygen atoms in total. The molecule has 1 saturated heterocycles. The van der Waals surface area contributed by atoms with Gasteiger partial charge in [-0.2, -0.15) is 0 Å². The van der Waals surface area contributed by atoms with Crippen molar-refractivity contribution in [3.63, 3.8) is 0 Å². The van der Waals surface area contributed by atoms with Crippen LogP contribution >= 0.6 is 0 Å². The van der Waals surface area contributed by atoms with Gasteiger partial charge in [0.2, 0.25) is 0 Å². The fraction of sp³-hybridized carbons (Fsp3) is 0.304. The molecule has 152 valence electrons. The Hall–Kier alpha value is -3.28. The molecule has 1 amide bonds. The molecule has 1 aliphatic heterocycles. The molecule has 0 saturated carbocycles. The summed E-state index contributed by atoms with van der Waals surface area (Å²) in [6.45, 7) is 2.43. The van der Waals surface area contributed by atoms with Crippen LogP contribution in [0.5, 0.6) is 11.5 Å². The highest BCUT2D eigenvalue weighted by Crippen LogP contribution is 2.30. The second-order valence-electron chi connectivity index (χ2n) is 6.75. The number of carbonyl (C=O) groups excluding carboxylic acids is 1. The number of hydrogen-bond donors (Lipinski definition) is 1. The lowest BCUT2D eigenvalue weighted by Crippen LogP contribution is -2.34. The van der Waals surface area contributed by atoms with Gasteiger partial charge in [-0.3, -0.25) is 4.79 Å². The van der Waals surface area contributed by atoms with Crippen molar-refractivity contribution in [1.82, 2.24) is 4.90 Å². The molecular weight excluding hydrogens is 370 g/mol. The van der Waals surface area contributed by atoms with Crippen molar-refractivity contribution in [1.29, 1.82) is 0 Å². The number of hydrogen-bond acceptors (Lipinski definition) is 4. The van der Waals surface area contributed by atoms with Crippen molar-refractivity contribution < 1.29 is 24.2 Å². The molecule has 1 N–H and O–H groups in total. The average Bonchev–Trinajstić information content (AvgIpc) is 3.20. The molecule has 1 atom stereocenters. The summed E-state index contributed by atoms with van der Waals surface area (Å²) in [6.07, 6.45) is 6.00. The highest BCUT2D eigenvalue weighted by atomic mass is 16.5. The zero-order chi connectivity index (χ0) is 20.6. The van der Waals surface area contributed by atoms with E-state index >= 15 is 0 Å². The number of carbonyl (C=O) groups is 2. The second kappa shape index (κ2) is 9.78. The van der Waals surface area contributed by atoms with Gasteiger partial charge in [0.1, 0.15) is 0 Å². The standard InChI is InChI=1S/C23H25NO5/c1-2-28-21-15-18(11-13-20(21)29-16-22(25)26)23(27)24-14-6-9-19(24)12-10-17-7-4-3-5-8-17/h3-5,7-8,10-13,15,19H,2,6,9,14,16H2,1H3,(H,25,26)/b12-10+. The Morgan fingerprint density at radius 2 is 1.93 bits per heavy atom. The molecule has 0 spiro atoms. The Bertz CT molecular complexity index is 878. The number of nitrogens with zero attached hydrogens (tertiary/aromatic N) is 1. The monoisotopic (exact) mass is 395 g/mol. The van der Waals surface area contributed by atoms with Crippen LogP contribution in [-0.4, -0.2) is 47.7 Å². The molecule has 3 rings (SSSR count). The molecule has 0 aliphatic carbocycles. The number of benzene rings is 2. The van der Waals surface area contributed by atoms with Crippen LogP contribution in [-0.2, 0) is 4.79 Å². The molecule has 2 aromatic rings. The average molecular weight is 395 g/mol. The molecule has 1 fully saturated rings. The van der Waals surface area contributed by atoms with E-state index in [0.29, 0.717) is 30.2 Å². The Labute approximate surface area is 170 Å². The normalized spacial score (nSPS) is 16.2. The van der Waals surface area contributed by atoms with Crippen LogP contribution in [0.1, 0.15) is 35.7 Å². The lowest BCUT2D eigenvalue weighted by molar-refractivity contribution is -0.139. The molecule has 1 unspecified atom stereocenters. The third-order valence-corrected chi connectivity index (χ3v) is 4.71. The molecule has 29 heavy (non-hydrogen) atoms. The van der Waals surface area contributed by atoms with Crippen molar-refractivity contribution in [3.05, 3.63) is 65.7 Å². The summed E-state index contributed by atoms with van der Waals surface area (Å²) in [5.74, 6) is -0.461. The molecular formula is C23H25NO5. The number of carboxylic acids is 1. The minimum Gasteiger partial charge on any atom is -0.490 e. The van der Waals surface area contributed by atoms with Crippen molar-refractivity contribution in [2.24, 2.45) is 0 Å². The Kier molecular flexibility index (Phi) is 6.89. The van der Waals surface area contributed by atoms with Gasteiger partial charge in [-0.15, -0.1) is 0 Å². The van der Waals surface area contributed by atoms with Gasteiger partial charge >= 0.3 is 5.97 Å². The Balaban J connectivity index is 1.76. The molecule has 0 radical (unpaired) electrons. The van der Waals surface area contributed by atoms with Gasteiger partial charge in [-0.25, -0.2) is 4.79 Å². The van der Waals surface area contributed by atoms with Gasteiger partial charge < -0.3 is 19.5 Å². The van der Waals surface area contributed by atoms with E-state index in [0.717, 1.165) is 18.4 Å². The highest BCUT2D eigenvalue weighted by Gasteiger charge is 2.28. The topological polar surface area (TPSA) is 76.1 Å². The maximum absolute atomic E-state index is 13.1. The molecule has 0 bridgehead atoms. The quantitative estimate of drug-likeness (QED) is 0.734. The summed E-state index contributed by atoms with van der Waals surface area (Å²) < 4.78 is 10.8. The predicted octanol–water partition coefficient (Wildman–Crippen LogP) is 3.87. The third kappa shape index (κ3) is 5.38. The van der Waals surface area contributed by atoms with Crippen molar-refractivity contribution in [2.75, 3.05) is 19.8 Å². The van der Waals surface area contributed by atoms with Gasteiger partial charge in [-0.05, 0) is 43.5 Å². The van der Waals surface area contributed by atoms with Crippen LogP contribution in [0.3, 0.4) is 0 Å². The van der Waals surface area contributed by atoms with Crippen molar-refractivity contribution in [3.8, 4) is 11.5 Å². The number of likely N-dealkylation sites (tertiary alicyclic amines) is 1. The number of amides is 1. The van der Waals surface area contributed by atoms with E-state index in [9.17, 15) is 9.59 Å². The summed E-state index contributed by atoms with van der Waals surface area (Å²) >= 11 is 0. The predicted molar refractivity (Wildman–Crippen MR) is 110 cm³/mol. The highest BCUT2D eigenvalue weighted by molar-refractivity contribution is 5.95. The number of ether oxygens (including phenoxy) is 2. The van der Waals surface area contributed by atoms with E-state index in [-0.39, 0.29) is 11.9 Å². The van der Waals surface area contributed by atoms with Crippen LogP contribution in [0.15, 0.2) is 54.6 Å². The largest absolute Gasteiger partial charge is 0.490 e. The van der Waals surface area contributed by atoms with Crippen LogP contribution in [0, 0.1) is 0 Å². The van der Waals surface area contributed by atoms with Gasteiger partial charge in [0.15, 0.2) is 18.1 Å². The lowest BCUT2D eigenvalue weighted by Gasteiger charge is -2.23. The fourth-order valence-electron chi connectivity index (χ4n) is 3.36. The summed E-state index contributed by atoms with van der Waals surface area (Å²) in [5.41, 5.74) is 1.60. The van der Waals surface area contributed by atoms with E-state index in [1.54, 1.807) is 18.2 Å². The molecule has 1 aliphatic rings. The molecule has 2 aromatic carbocycles. The minimum absolute atomic E-state index is 0.0428. The number of carboxylic acid groups (broad SMARTS) is 1. The first-order valence-corrected chi connectivity index (χ1v) is 9.74. The summed E-state index contributed by atoms with van der Waals surface area (Å²) in [7, 11) is 0. The minimum atomic E-state index is -1.07. The smallest absolute Gasteiger partial charge is 0.341 e. The lowest BCUT2D eigenvalue weighted by atomic mass is 10.1. The summed E-state index contributed by atoms with van der Waals surface area (Å²) in [4.78, 5) is 25.7. The SMILES string of the molecule is CCOc1cc(C(=O)N2CCCC2/C=C/c2ccccc2)ccc1OCC(=O)O. The van der Waals surface area contributed by atoms with E-state index in [1.165, 1.54) is 0 Å². The van der Waals surface area contributed by atoms with Gasteiger partial charge in [-0.1, -0.05) is 42.5 Å². The van der Waals surface area contributed by atoms with Crippen molar-refractivity contribution in [2.45, 2.75) is 25.8 Å². The van der Waals surface area contributed by atoms with Crippen LogP contribution < -0.4 is 9.47 Å². The molecule has 0 aromatic heterocycles. The third-order valence-electron chi connectivity index (χ3n) is 4.71. The maximum atomic E-state index is 13.1. The Morgan fingerprint density at radius 1 is 1.14 bits per heavy atom. The van der Waals surface area contributed by atoms with Crippen LogP contribution in [0.25, 0.3) is 6.08 Å². The molecule has 6 heteroatoms. The van der Waals surface area contributed by atoms with Crippen LogP contribution in [0.4, 0.5) is 0 Å². The molecule has 1 heterocycles.